The minimum absolute atomic E-state index is 0.0197. The van der Waals surface area contributed by atoms with Gasteiger partial charge in [0.1, 0.15) is 18.2 Å². The molecule has 0 heterocycles. The highest BCUT2D eigenvalue weighted by molar-refractivity contribution is 5.97. The highest BCUT2D eigenvalue weighted by atomic mass is 16.5. The molecule has 0 aliphatic carbocycles. The second kappa shape index (κ2) is 7.71. The Bertz CT molecular complexity index is 378. The third-order valence-electron chi connectivity index (χ3n) is 2.50. The Morgan fingerprint density at radius 1 is 1.22 bits per heavy atom. The summed E-state index contributed by atoms with van der Waals surface area (Å²) in [6.07, 6.45) is 1.06. The summed E-state index contributed by atoms with van der Waals surface area (Å²) in [5.74, 6) is 1.31. The van der Waals surface area contributed by atoms with E-state index in [1.165, 1.54) is 0 Å². The van der Waals surface area contributed by atoms with Gasteiger partial charge in [-0.15, -0.1) is 0 Å². The fourth-order valence-electron chi connectivity index (χ4n) is 1.45. The number of hydrogen-bond acceptors (Lipinski definition) is 3. The Balaban J connectivity index is 2.29. The molecule has 4 nitrogen and oxygen atoms in total. The molecule has 3 N–H and O–H groups in total. The minimum Gasteiger partial charge on any atom is -0.490 e. The summed E-state index contributed by atoms with van der Waals surface area (Å²) in [4.78, 5) is 0. The number of nitrogens with one attached hydrogen (secondary N) is 1. The van der Waals surface area contributed by atoms with Crippen molar-refractivity contribution < 1.29 is 9.47 Å². The van der Waals surface area contributed by atoms with Crippen LogP contribution >= 0.6 is 0 Å². The lowest BCUT2D eigenvalue weighted by molar-refractivity contribution is 0.0925. The van der Waals surface area contributed by atoms with Gasteiger partial charge in [0.15, 0.2) is 0 Å². The van der Waals surface area contributed by atoms with Crippen molar-refractivity contribution in [2.45, 2.75) is 20.3 Å². The van der Waals surface area contributed by atoms with Crippen LogP contribution in [0.15, 0.2) is 24.3 Å². The van der Waals surface area contributed by atoms with Gasteiger partial charge in [-0.05, 0) is 24.5 Å². The Kier molecular flexibility index (Phi) is 6.22. The summed E-state index contributed by atoms with van der Waals surface area (Å²) in [5.41, 5.74) is 6.10. The maximum absolute atomic E-state index is 7.44. The zero-order chi connectivity index (χ0) is 13.4. The Morgan fingerprint density at radius 2 is 1.94 bits per heavy atom. The van der Waals surface area contributed by atoms with Crippen LogP contribution in [0.3, 0.4) is 0 Å². The summed E-state index contributed by atoms with van der Waals surface area (Å²) in [6.45, 7) is 6.13. The predicted molar refractivity (Wildman–Crippen MR) is 73.2 cm³/mol. The van der Waals surface area contributed by atoms with Crippen LogP contribution in [0.25, 0.3) is 0 Å². The van der Waals surface area contributed by atoms with Crippen molar-refractivity contribution in [2.75, 3.05) is 19.8 Å². The van der Waals surface area contributed by atoms with Crippen molar-refractivity contribution in [1.29, 1.82) is 5.41 Å². The Morgan fingerprint density at radius 3 is 2.61 bits per heavy atom. The van der Waals surface area contributed by atoms with Gasteiger partial charge in [-0.1, -0.05) is 26.0 Å². The first-order valence-corrected chi connectivity index (χ1v) is 6.25. The van der Waals surface area contributed by atoms with Gasteiger partial charge >= 0.3 is 0 Å². The van der Waals surface area contributed by atoms with Gasteiger partial charge in [-0.3, -0.25) is 5.41 Å². The topological polar surface area (TPSA) is 68.3 Å². The van der Waals surface area contributed by atoms with Crippen molar-refractivity contribution in [3.63, 3.8) is 0 Å². The number of para-hydroxylation sites is 1. The van der Waals surface area contributed by atoms with Crippen LogP contribution in [0.5, 0.6) is 5.75 Å². The van der Waals surface area contributed by atoms with Crippen molar-refractivity contribution in [3.05, 3.63) is 29.8 Å². The number of ether oxygens (including phenoxy) is 2. The lowest BCUT2D eigenvalue weighted by atomic mass is 10.1. The van der Waals surface area contributed by atoms with Gasteiger partial charge in [0.05, 0.1) is 12.2 Å². The summed E-state index contributed by atoms with van der Waals surface area (Å²) in [7, 11) is 0. The number of amidine groups is 1. The molecule has 0 amide bonds. The van der Waals surface area contributed by atoms with Crippen LogP contribution in [-0.2, 0) is 4.74 Å². The SMILES string of the molecule is CC(C)CCOCCOc1ccccc1C(=N)N. The van der Waals surface area contributed by atoms with E-state index in [-0.39, 0.29) is 5.84 Å². The van der Waals surface area contributed by atoms with Crippen LogP contribution in [0.1, 0.15) is 25.8 Å². The van der Waals surface area contributed by atoms with E-state index in [1.54, 1.807) is 6.07 Å². The minimum atomic E-state index is 0.0197. The average molecular weight is 250 g/mol. The number of hydrogen-bond donors (Lipinski definition) is 2. The molecule has 0 aliphatic rings. The predicted octanol–water partition coefficient (Wildman–Crippen LogP) is 2.41. The molecule has 0 saturated carbocycles. The molecule has 0 bridgehead atoms. The zero-order valence-corrected chi connectivity index (χ0v) is 11.1. The van der Waals surface area contributed by atoms with E-state index >= 15 is 0 Å². The maximum Gasteiger partial charge on any atom is 0.130 e. The fourth-order valence-corrected chi connectivity index (χ4v) is 1.45. The molecule has 1 aromatic carbocycles. The molecule has 0 spiro atoms. The molecule has 4 heteroatoms. The van der Waals surface area contributed by atoms with Crippen LogP contribution in [0, 0.1) is 11.3 Å². The van der Waals surface area contributed by atoms with Crippen molar-refractivity contribution >= 4 is 5.84 Å². The van der Waals surface area contributed by atoms with Crippen molar-refractivity contribution in [2.24, 2.45) is 11.7 Å². The molecule has 18 heavy (non-hydrogen) atoms. The highest BCUT2D eigenvalue weighted by Crippen LogP contribution is 2.16. The van der Waals surface area contributed by atoms with Crippen LogP contribution in [0.2, 0.25) is 0 Å². The molecule has 0 fully saturated rings. The van der Waals surface area contributed by atoms with Crippen molar-refractivity contribution in [1.82, 2.24) is 0 Å². The fraction of sp³-hybridized carbons (Fsp3) is 0.500. The first kappa shape index (κ1) is 14.5. The lowest BCUT2D eigenvalue weighted by Crippen LogP contribution is -2.15. The smallest absolute Gasteiger partial charge is 0.130 e. The number of rotatable bonds is 8. The molecule has 0 atom stereocenters. The molecule has 1 aromatic rings. The first-order valence-electron chi connectivity index (χ1n) is 6.25. The van der Waals surface area contributed by atoms with E-state index in [0.717, 1.165) is 13.0 Å². The zero-order valence-electron chi connectivity index (χ0n) is 11.1. The third-order valence-corrected chi connectivity index (χ3v) is 2.50. The molecule has 0 radical (unpaired) electrons. The lowest BCUT2D eigenvalue weighted by Gasteiger charge is -2.11. The quantitative estimate of drug-likeness (QED) is 0.423. The Labute approximate surface area is 109 Å². The molecule has 0 unspecified atom stereocenters. The number of nitrogens with two attached hydrogens (primary N) is 1. The summed E-state index contributed by atoms with van der Waals surface area (Å²) in [5, 5.41) is 7.44. The highest BCUT2D eigenvalue weighted by Gasteiger charge is 2.04. The molecular formula is C14H22N2O2. The Hall–Kier alpha value is -1.55. The van der Waals surface area contributed by atoms with Gasteiger partial charge < -0.3 is 15.2 Å². The average Bonchev–Trinajstić information content (AvgIpc) is 2.33. The van der Waals surface area contributed by atoms with Gasteiger partial charge in [-0.25, -0.2) is 0 Å². The van der Waals surface area contributed by atoms with Gasteiger partial charge in [-0.2, -0.15) is 0 Å². The van der Waals surface area contributed by atoms with Crippen LogP contribution in [0.4, 0.5) is 0 Å². The second-order valence-electron chi connectivity index (χ2n) is 4.55. The first-order chi connectivity index (χ1) is 8.61. The summed E-state index contributed by atoms with van der Waals surface area (Å²) < 4.78 is 11.0. The standard InChI is InChI=1S/C14H22N2O2/c1-11(2)7-8-17-9-10-18-13-6-4-3-5-12(13)14(15)16/h3-6,11H,7-10H2,1-2H3,(H3,15,16). The van der Waals surface area contributed by atoms with E-state index in [4.69, 9.17) is 20.6 Å². The largest absolute Gasteiger partial charge is 0.490 e. The molecule has 0 saturated heterocycles. The monoisotopic (exact) mass is 250 g/mol. The summed E-state index contributed by atoms with van der Waals surface area (Å²) in [6, 6.07) is 7.28. The van der Waals surface area contributed by atoms with Gasteiger partial charge in [0, 0.05) is 6.61 Å². The second-order valence-corrected chi connectivity index (χ2v) is 4.55. The van der Waals surface area contributed by atoms with E-state index in [0.29, 0.717) is 30.4 Å². The number of nitrogen functional groups attached to an aromatic ring is 1. The van der Waals surface area contributed by atoms with E-state index in [9.17, 15) is 0 Å². The third kappa shape index (κ3) is 5.19. The van der Waals surface area contributed by atoms with E-state index < -0.39 is 0 Å². The number of benzene rings is 1. The van der Waals surface area contributed by atoms with Crippen LogP contribution in [-0.4, -0.2) is 25.7 Å². The summed E-state index contributed by atoms with van der Waals surface area (Å²) >= 11 is 0. The molecule has 1 rings (SSSR count). The molecule has 0 aliphatic heterocycles. The van der Waals surface area contributed by atoms with Crippen molar-refractivity contribution in [3.8, 4) is 5.75 Å². The van der Waals surface area contributed by atoms with Gasteiger partial charge in [0.25, 0.3) is 0 Å². The van der Waals surface area contributed by atoms with E-state index in [2.05, 4.69) is 13.8 Å². The van der Waals surface area contributed by atoms with E-state index in [1.807, 2.05) is 18.2 Å². The maximum atomic E-state index is 7.44. The van der Waals surface area contributed by atoms with Crippen LogP contribution < -0.4 is 10.5 Å². The van der Waals surface area contributed by atoms with Gasteiger partial charge in [0.2, 0.25) is 0 Å². The molecule has 100 valence electrons. The normalized spacial score (nSPS) is 10.6. The molecular weight excluding hydrogens is 228 g/mol. The molecule has 0 aromatic heterocycles.